The van der Waals surface area contributed by atoms with E-state index in [1.165, 1.54) is 12.1 Å². The molecule has 1 aliphatic heterocycles. The molecular formula is C15H13FN2O3. The van der Waals surface area contributed by atoms with E-state index in [1.807, 2.05) is 0 Å². The third kappa shape index (κ3) is 2.47. The van der Waals surface area contributed by atoms with Crippen LogP contribution >= 0.6 is 0 Å². The lowest BCUT2D eigenvalue weighted by Gasteiger charge is -2.11. The molecule has 0 spiro atoms. The summed E-state index contributed by atoms with van der Waals surface area (Å²) < 4.78 is 24.1. The quantitative estimate of drug-likeness (QED) is 0.911. The number of hydrogen-bond acceptors (Lipinski definition) is 4. The summed E-state index contributed by atoms with van der Waals surface area (Å²) in [6, 6.07) is 9.41. The number of carbonyl (C=O) groups is 1. The van der Waals surface area contributed by atoms with Gasteiger partial charge in [-0.1, -0.05) is 6.07 Å². The van der Waals surface area contributed by atoms with Gasteiger partial charge in [0.15, 0.2) is 11.5 Å². The van der Waals surface area contributed by atoms with Gasteiger partial charge in [-0.2, -0.15) is 0 Å². The fraction of sp³-hybridized carbons (Fsp3) is 0.133. The van der Waals surface area contributed by atoms with Gasteiger partial charge in [0.1, 0.15) is 5.82 Å². The van der Waals surface area contributed by atoms with Crippen molar-refractivity contribution in [1.82, 2.24) is 0 Å². The zero-order valence-corrected chi connectivity index (χ0v) is 11.3. The highest BCUT2D eigenvalue weighted by molar-refractivity contribution is 6.08. The number of anilines is 2. The molecule has 0 bridgehead atoms. The molecule has 1 aliphatic rings. The second-order valence-corrected chi connectivity index (χ2v) is 4.43. The first-order valence-electron chi connectivity index (χ1n) is 6.36. The van der Waals surface area contributed by atoms with E-state index in [1.54, 1.807) is 31.3 Å². The Kier molecular flexibility index (Phi) is 3.35. The van der Waals surface area contributed by atoms with E-state index in [4.69, 9.17) is 9.47 Å². The van der Waals surface area contributed by atoms with Crippen LogP contribution in [0.25, 0.3) is 0 Å². The van der Waals surface area contributed by atoms with Crippen molar-refractivity contribution in [3.05, 3.63) is 47.8 Å². The average Bonchev–Trinajstić information content (AvgIpc) is 2.94. The highest BCUT2D eigenvalue weighted by Gasteiger charge is 2.17. The monoisotopic (exact) mass is 288 g/mol. The Morgan fingerprint density at radius 3 is 2.81 bits per heavy atom. The van der Waals surface area contributed by atoms with Crippen LogP contribution in [0.15, 0.2) is 36.4 Å². The Hall–Kier alpha value is -2.76. The Labute approximate surface area is 120 Å². The Morgan fingerprint density at radius 1 is 1.19 bits per heavy atom. The van der Waals surface area contributed by atoms with Crippen LogP contribution in [0.4, 0.5) is 15.8 Å². The average molecular weight is 288 g/mol. The second kappa shape index (κ2) is 5.32. The molecule has 0 aliphatic carbocycles. The van der Waals surface area contributed by atoms with Crippen LogP contribution in [0.3, 0.4) is 0 Å². The van der Waals surface area contributed by atoms with Crippen molar-refractivity contribution >= 4 is 17.3 Å². The predicted octanol–water partition coefficient (Wildman–Crippen LogP) is 2.85. The van der Waals surface area contributed by atoms with Gasteiger partial charge in [-0.25, -0.2) is 4.39 Å². The molecule has 0 saturated heterocycles. The maximum absolute atomic E-state index is 13.7. The summed E-state index contributed by atoms with van der Waals surface area (Å²) in [6.07, 6.45) is 0. The van der Waals surface area contributed by atoms with E-state index in [-0.39, 0.29) is 18.0 Å². The molecule has 0 aromatic heterocycles. The van der Waals surface area contributed by atoms with Crippen molar-refractivity contribution in [2.45, 2.75) is 0 Å². The number of amides is 1. The van der Waals surface area contributed by atoms with Crippen LogP contribution in [0.1, 0.15) is 10.4 Å². The maximum atomic E-state index is 13.7. The van der Waals surface area contributed by atoms with Gasteiger partial charge in [-0.3, -0.25) is 4.79 Å². The summed E-state index contributed by atoms with van der Waals surface area (Å²) in [6.45, 7) is 0.167. The van der Waals surface area contributed by atoms with Gasteiger partial charge >= 0.3 is 0 Å². The molecule has 6 heteroatoms. The molecule has 3 rings (SSSR count). The molecule has 0 saturated carbocycles. The van der Waals surface area contributed by atoms with Gasteiger partial charge in [0.25, 0.3) is 5.91 Å². The standard InChI is InChI=1S/C15H13FN2O3/c1-17-14-10(3-2-4-11(14)16)15(19)18-9-5-6-12-13(7-9)21-8-20-12/h2-7,17H,8H2,1H3,(H,18,19). The number of nitrogens with one attached hydrogen (secondary N) is 2. The number of rotatable bonds is 3. The lowest BCUT2D eigenvalue weighted by Crippen LogP contribution is -2.14. The Bertz CT molecular complexity index is 703. The number of para-hydroxylation sites is 1. The topological polar surface area (TPSA) is 59.6 Å². The van der Waals surface area contributed by atoms with Crippen molar-refractivity contribution in [1.29, 1.82) is 0 Å². The van der Waals surface area contributed by atoms with Crippen molar-refractivity contribution in [3.8, 4) is 11.5 Å². The van der Waals surface area contributed by atoms with Crippen molar-refractivity contribution < 1.29 is 18.7 Å². The van der Waals surface area contributed by atoms with Crippen LogP contribution in [0.2, 0.25) is 0 Å². The first-order chi connectivity index (χ1) is 10.2. The fourth-order valence-electron chi connectivity index (χ4n) is 2.14. The predicted molar refractivity (Wildman–Crippen MR) is 76.5 cm³/mol. The minimum Gasteiger partial charge on any atom is -0.454 e. The Balaban J connectivity index is 1.85. The summed E-state index contributed by atoms with van der Waals surface area (Å²) in [5.74, 6) is 0.323. The molecular weight excluding hydrogens is 275 g/mol. The van der Waals surface area contributed by atoms with Crippen LogP contribution in [0.5, 0.6) is 11.5 Å². The van der Waals surface area contributed by atoms with Gasteiger partial charge in [0.2, 0.25) is 6.79 Å². The first-order valence-corrected chi connectivity index (χ1v) is 6.36. The highest BCUT2D eigenvalue weighted by Crippen LogP contribution is 2.34. The van der Waals surface area contributed by atoms with Gasteiger partial charge in [-0.05, 0) is 24.3 Å². The number of carbonyl (C=O) groups excluding carboxylic acids is 1. The fourth-order valence-corrected chi connectivity index (χ4v) is 2.14. The van der Waals surface area contributed by atoms with Crippen LogP contribution in [-0.4, -0.2) is 19.7 Å². The molecule has 0 unspecified atom stereocenters. The SMILES string of the molecule is CNc1c(F)cccc1C(=O)Nc1ccc2c(c1)OCO2. The van der Waals surface area contributed by atoms with Gasteiger partial charge in [-0.15, -0.1) is 0 Å². The lowest BCUT2D eigenvalue weighted by atomic mass is 10.1. The molecule has 2 N–H and O–H groups in total. The summed E-state index contributed by atoms with van der Waals surface area (Å²) in [5, 5.41) is 5.40. The minimum atomic E-state index is -0.476. The number of ether oxygens (including phenoxy) is 2. The zero-order chi connectivity index (χ0) is 14.8. The highest BCUT2D eigenvalue weighted by atomic mass is 19.1. The number of halogens is 1. The molecule has 2 aromatic carbocycles. The van der Waals surface area contributed by atoms with E-state index < -0.39 is 11.7 Å². The molecule has 0 radical (unpaired) electrons. The normalized spacial score (nSPS) is 12.1. The largest absolute Gasteiger partial charge is 0.454 e. The van der Waals surface area contributed by atoms with Crippen molar-refractivity contribution in [2.24, 2.45) is 0 Å². The number of hydrogen-bond donors (Lipinski definition) is 2. The first kappa shape index (κ1) is 13.2. The molecule has 0 fully saturated rings. The van der Waals surface area contributed by atoms with E-state index in [0.717, 1.165) is 0 Å². The van der Waals surface area contributed by atoms with Crippen molar-refractivity contribution in [2.75, 3.05) is 24.5 Å². The number of benzene rings is 2. The van der Waals surface area contributed by atoms with Crippen LogP contribution in [0, 0.1) is 5.82 Å². The summed E-state index contributed by atoms with van der Waals surface area (Å²) in [5.41, 5.74) is 0.946. The van der Waals surface area contributed by atoms with Gasteiger partial charge < -0.3 is 20.1 Å². The third-order valence-corrected chi connectivity index (χ3v) is 3.14. The van der Waals surface area contributed by atoms with E-state index in [0.29, 0.717) is 17.2 Å². The maximum Gasteiger partial charge on any atom is 0.257 e. The molecule has 1 amide bonds. The summed E-state index contributed by atoms with van der Waals surface area (Å²) in [7, 11) is 1.57. The van der Waals surface area contributed by atoms with Crippen LogP contribution in [-0.2, 0) is 0 Å². The van der Waals surface area contributed by atoms with Gasteiger partial charge in [0, 0.05) is 18.8 Å². The van der Waals surface area contributed by atoms with E-state index in [9.17, 15) is 9.18 Å². The van der Waals surface area contributed by atoms with Gasteiger partial charge in [0.05, 0.1) is 11.3 Å². The molecule has 1 heterocycles. The molecule has 2 aromatic rings. The molecule has 108 valence electrons. The van der Waals surface area contributed by atoms with Crippen LogP contribution < -0.4 is 20.1 Å². The zero-order valence-electron chi connectivity index (χ0n) is 11.3. The second-order valence-electron chi connectivity index (χ2n) is 4.43. The van der Waals surface area contributed by atoms with E-state index >= 15 is 0 Å². The molecule has 5 nitrogen and oxygen atoms in total. The minimum absolute atomic E-state index is 0.163. The summed E-state index contributed by atoms with van der Waals surface area (Å²) >= 11 is 0. The molecule has 21 heavy (non-hydrogen) atoms. The Morgan fingerprint density at radius 2 is 2.00 bits per heavy atom. The summed E-state index contributed by atoms with van der Waals surface area (Å²) in [4.78, 5) is 12.3. The lowest BCUT2D eigenvalue weighted by molar-refractivity contribution is 0.102. The number of fused-ring (bicyclic) bond motifs is 1. The van der Waals surface area contributed by atoms with Crippen molar-refractivity contribution in [3.63, 3.8) is 0 Å². The molecule has 0 atom stereocenters. The van der Waals surface area contributed by atoms with E-state index in [2.05, 4.69) is 10.6 Å². The smallest absolute Gasteiger partial charge is 0.257 e. The third-order valence-electron chi connectivity index (χ3n) is 3.14.